The first-order chi connectivity index (χ1) is 8.33. The zero-order valence-corrected chi connectivity index (χ0v) is 11.2. The molecular weight excluding hydrogens is 208 g/mol. The van der Waals surface area contributed by atoms with Crippen LogP contribution in [0.2, 0.25) is 0 Å². The predicted octanol–water partition coefficient (Wildman–Crippen LogP) is 4.70. The summed E-state index contributed by atoms with van der Waals surface area (Å²) < 4.78 is 5.99. The minimum absolute atomic E-state index is 0.703. The number of hydrogen-bond acceptors (Lipinski definition) is 1. The van der Waals surface area contributed by atoms with E-state index in [0.29, 0.717) is 5.92 Å². The Hall–Kier alpha value is -0.720. The van der Waals surface area contributed by atoms with Gasteiger partial charge in [-0.3, -0.25) is 0 Å². The molecule has 0 saturated heterocycles. The molecule has 0 aromatic heterocycles. The summed E-state index contributed by atoms with van der Waals surface area (Å²) in [5, 5.41) is 0. The molecule has 2 rings (SSSR count). The Labute approximate surface area is 106 Å². The van der Waals surface area contributed by atoms with Crippen LogP contribution in [0.5, 0.6) is 0 Å². The quantitative estimate of drug-likeness (QED) is 0.641. The molecule has 1 heteroatoms. The van der Waals surface area contributed by atoms with E-state index in [1.807, 2.05) is 0 Å². The van der Waals surface area contributed by atoms with Crippen molar-refractivity contribution in [2.24, 2.45) is 17.8 Å². The van der Waals surface area contributed by atoms with Gasteiger partial charge < -0.3 is 4.74 Å². The minimum atomic E-state index is 0.703. The van der Waals surface area contributed by atoms with Crippen molar-refractivity contribution in [1.29, 1.82) is 0 Å². The first kappa shape index (κ1) is 12.7. The Bertz CT molecular complexity index is 271. The molecule has 96 valence electrons. The van der Waals surface area contributed by atoms with Gasteiger partial charge in [-0.15, -0.1) is 6.58 Å². The van der Waals surface area contributed by atoms with Crippen LogP contribution in [0.15, 0.2) is 24.5 Å². The molecule has 2 aliphatic rings. The van der Waals surface area contributed by atoms with E-state index < -0.39 is 0 Å². The molecule has 1 aliphatic carbocycles. The van der Waals surface area contributed by atoms with Gasteiger partial charge in [0.1, 0.15) is 0 Å². The monoisotopic (exact) mass is 234 g/mol. The van der Waals surface area contributed by atoms with Gasteiger partial charge in [-0.2, -0.15) is 0 Å². The van der Waals surface area contributed by atoms with Crippen LogP contribution < -0.4 is 0 Å². The Kier molecular flexibility index (Phi) is 4.70. The highest BCUT2D eigenvalue weighted by atomic mass is 16.5. The average molecular weight is 234 g/mol. The van der Waals surface area contributed by atoms with Gasteiger partial charge in [0.05, 0.1) is 12.4 Å². The molecule has 1 atom stereocenters. The Morgan fingerprint density at radius 3 is 2.65 bits per heavy atom. The van der Waals surface area contributed by atoms with Crippen LogP contribution >= 0.6 is 0 Å². The van der Waals surface area contributed by atoms with Crippen molar-refractivity contribution in [2.75, 3.05) is 6.61 Å². The topological polar surface area (TPSA) is 9.23 Å². The van der Waals surface area contributed by atoms with E-state index in [2.05, 4.69) is 25.7 Å². The predicted molar refractivity (Wildman–Crippen MR) is 72.7 cm³/mol. The Morgan fingerprint density at radius 1 is 1.35 bits per heavy atom. The highest BCUT2D eigenvalue weighted by molar-refractivity contribution is 5.04. The summed E-state index contributed by atoms with van der Waals surface area (Å²) in [7, 11) is 0. The lowest BCUT2D eigenvalue weighted by molar-refractivity contribution is 0.103. The largest absolute Gasteiger partial charge is 0.498 e. The lowest BCUT2D eigenvalue weighted by Crippen LogP contribution is -2.21. The maximum Gasteiger partial charge on any atom is 0.0951 e. The van der Waals surface area contributed by atoms with Crippen LogP contribution in [0.4, 0.5) is 0 Å². The van der Waals surface area contributed by atoms with Crippen LogP contribution in [0, 0.1) is 17.8 Å². The molecule has 0 aromatic carbocycles. The minimum Gasteiger partial charge on any atom is -0.498 e. The lowest BCUT2D eigenvalue weighted by atomic mass is 9.80. The average Bonchev–Trinajstić information content (AvgIpc) is 2.40. The fraction of sp³-hybridized carbons (Fsp3) is 0.750. The zero-order valence-electron chi connectivity index (χ0n) is 11.2. The third-order valence-corrected chi connectivity index (χ3v) is 4.34. The summed E-state index contributed by atoms with van der Waals surface area (Å²) in [6.07, 6.45) is 13.5. The van der Waals surface area contributed by atoms with Gasteiger partial charge in [0.2, 0.25) is 0 Å². The molecule has 0 amide bonds. The highest BCUT2D eigenvalue weighted by Gasteiger charge is 2.25. The molecule has 0 spiro atoms. The molecule has 1 aliphatic heterocycles. The summed E-state index contributed by atoms with van der Waals surface area (Å²) >= 11 is 0. The van der Waals surface area contributed by atoms with E-state index in [1.165, 1.54) is 50.7 Å². The summed E-state index contributed by atoms with van der Waals surface area (Å²) in [4.78, 5) is 0. The van der Waals surface area contributed by atoms with E-state index in [0.717, 1.165) is 18.4 Å². The third kappa shape index (κ3) is 3.37. The number of hydrogen-bond donors (Lipinski definition) is 0. The van der Waals surface area contributed by atoms with Crippen molar-refractivity contribution in [1.82, 2.24) is 0 Å². The van der Waals surface area contributed by atoms with Crippen molar-refractivity contribution < 1.29 is 4.74 Å². The second-order valence-electron chi connectivity index (χ2n) is 5.66. The second kappa shape index (κ2) is 6.28. The molecule has 0 N–H and O–H groups in total. The SMILES string of the molecule is C=CC1CCC(C2=CCC(CCC)CO2)CC1. The first-order valence-corrected chi connectivity index (χ1v) is 7.28. The molecule has 0 bridgehead atoms. The Morgan fingerprint density at radius 2 is 2.12 bits per heavy atom. The number of rotatable bonds is 4. The summed E-state index contributed by atoms with van der Waals surface area (Å²) in [5.41, 5.74) is 0. The fourth-order valence-electron chi connectivity index (χ4n) is 3.16. The van der Waals surface area contributed by atoms with Gasteiger partial charge >= 0.3 is 0 Å². The zero-order chi connectivity index (χ0) is 12.1. The maximum atomic E-state index is 5.99. The van der Waals surface area contributed by atoms with Crippen LogP contribution in [0.25, 0.3) is 0 Å². The van der Waals surface area contributed by atoms with Crippen LogP contribution in [0.1, 0.15) is 51.9 Å². The molecular formula is C16H26O. The summed E-state index contributed by atoms with van der Waals surface area (Å²) in [6.45, 7) is 7.13. The standard InChI is InChI=1S/C16H26O/c1-3-5-14-8-11-16(17-12-14)15-9-6-13(4-2)7-10-15/h4,11,13-15H,2-3,5-10,12H2,1H3. The smallest absolute Gasteiger partial charge is 0.0951 e. The van der Waals surface area contributed by atoms with Crippen molar-refractivity contribution in [3.05, 3.63) is 24.5 Å². The number of ether oxygens (including phenoxy) is 1. The van der Waals surface area contributed by atoms with Gasteiger partial charge in [0, 0.05) is 5.92 Å². The molecule has 1 nitrogen and oxygen atoms in total. The van der Waals surface area contributed by atoms with Gasteiger partial charge in [-0.05, 0) is 56.4 Å². The Balaban J connectivity index is 1.82. The molecule has 0 radical (unpaired) electrons. The van der Waals surface area contributed by atoms with E-state index in [4.69, 9.17) is 4.74 Å². The highest BCUT2D eigenvalue weighted by Crippen LogP contribution is 2.36. The van der Waals surface area contributed by atoms with E-state index in [1.54, 1.807) is 0 Å². The van der Waals surface area contributed by atoms with Crippen LogP contribution in [-0.4, -0.2) is 6.61 Å². The molecule has 0 aromatic rings. The van der Waals surface area contributed by atoms with Gasteiger partial charge in [0.15, 0.2) is 0 Å². The number of allylic oxidation sites excluding steroid dienone is 3. The van der Waals surface area contributed by atoms with Crippen molar-refractivity contribution in [3.63, 3.8) is 0 Å². The second-order valence-corrected chi connectivity index (χ2v) is 5.66. The van der Waals surface area contributed by atoms with E-state index in [-0.39, 0.29) is 0 Å². The van der Waals surface area contributed by atoms with Crippen LogP contribution in [-0.2, 0) is 4.74 Å². The maximum absolute atomic E-state index is 5.99. The fourth-order valence-corrected chi connectivity index (χ4v) is 3.16. The van der Waals surface area contributed by atoms with E-state index in [9.17, 15) is 0 Å². The molecule has 1 heterocycles. The van der Waals surface area contributed by atoms with Crippen molar-refractivity contribution >= 4 is 0 Å². The summed E-state index contributed by atoms with van der Waals surface area (Å²) in [6, 6.07) is 0. The van der Waals surface area contributed by atoms with Gasteiger partial charge in [0.25, 0.3) is 0 Å². The van der Waals surface area contributed by atoms with Crippen molar-refractivity contribution in [2.45, 2.75) is 51.9 Å². The first-order valence-electron chi connectivity index (χ1n) is 7.28. The lowest BCUT2D eigenvalue weighted by Gasteiger charge is -2.32. The normalized spacial score (nSPS) is 33.7. The van der Waals surface area contributed by atoms with Crippen molar-refractivity contribution in [3.8, 4) is 0 Å². The van der Waals surface area contributed by atoms with Crippen LogP contribution in [0.3, 0.4) is 0 Å². The van der Waals surface area contributed by atoms with E-state index >= 15 is 0 Å². The molecule has 17 heavy (non-hydrogen) atoms. The van der Waals surface area contributed by atoms with Gasteiger partial charge in [-0.25, -0.2) is 0 Å². The molecule has 1 unspecified atom stereocenters. The molecule has 1 saturated carbocycles. The van der Waals surface area contributed by atoms with Gasteiger partial charge in [-0.1, -0.05) is 19.4 Å². The third-order valence-electron chi connectivity index (χ3n) is 4.34. The summed E-state index contributed by atoms with van der Waals surface area (Å²) in [5.74, 6) is 3.53. The molecule has 1 fully saturated rings.